The number of thiophene rings is 2. The number of carbonyl (C=O) groups excluding carboxylic acids is 1. The summed E-state index contributed by atoms with van der Waals surface area (Å²) in [5, 5.41) is 15.5. The Morgan fingerprint density at radius 3 is 2.24 bits per heavy atom. The molecule has 0 radical (unpaired) electrons. The number of aliphatic hydroxyl groups is 1. The van der Waals surface area contributed by atoms with Gasteiger partial charge in [-0.3, -0.25) is 4.90 Å². The quantitative estimate of drug-likeness (QED) is 0.346. The van der Waals surface area contributed by atoms with Crippen molar-refractivity contribution in [1.82, 2.24) is 4.90 Å². The van der Waals surface area contributed by atoms with Crippen molar-refractivity contribution < 1.29 is 19.4 Å². The van der Waals surface area contributed by atoms with Crippen LogP contribution in [0.1, 0.15) is 35.4 Å². The molecule has 0 saturated carbocycles. The third-order valence-corrected chi connectivity index (χ3v) is 8.88. The summed E-state index contributed by atoms with van der Waals surface area (Å²) in [6.07, 6.45) is 3.53. The molecule has 2 bridgehead atoms. The fourth-order valence-electron chi connectivity index (χ4n) is 5.20. The first-order valence-corrected chi connectivity index (χ1v) is 13.3. The van der Waals surface area contributed by atoms with E-state index in [1.165, 1.54) is 22.7 Å². The van der Waals surface area contributed by atoms with Gasteiger partial charge in [-0.25, -0.2) is 4.79 Å². The Balaban J connectivity index is 1.36. The van der Waals surface area contributed by atoms with Gasteiger partial charge in [0, 0.05) is 12.5 Å². The minimum absolute atomic E-state index is 0.305. The Morgan fingerprint density at radius 2 is 1.70 bits per heavy atom. The van der Waals surface area contributed by atoms with Crippen LogP contribution in [0.15, 0.2) is 65.4 Å². The van der Waals surface area contributed by atoms with Gasteiger partial charge in [0.15, 0.2) is 0 Å². The molecule has 3 fully saturated rings. The van der Waals surface area contributed by atoms with Crippen molar-refractivity contribution in [2.75, 3.05) is 26.2 Å². The summed E-state index contributed by atoms with van der Waals surface area (Å²) in [7, 11) is 0. The first kappa shape index (κ1) is 22.6. The number of benzene rings is 1. The van der Waals surface area contributed by atoms with E-state index in [-0.39, 0.29) is 0 Å². The van der Waals surface area contributed by atoms with E-state index in [1.54, 1.807) is 0 Å². The molecular formula is C26H29NO4S2. The van der Waals surface area contributed by atoms with Gasteiger partial charge < -0.3 is 14.6 Å². The molecular weight excluding hydrogens is 454 g/mol. The van der Waals surface area contributed by atoms with E-state index in [0.717, 1.165) is 51.1 Å². The SMILES string of the molecule is O=C(O[C@@]1(CCCOc2ccccc2)CN2CCC1CC2)C(O)(c1cccs1)c1cccs1. The molecule has 5 nitrogen and oxygen atoms in total. The highest BCUT2D eigenvalue weighted by Gasteiger charge is 2.53. The zero-order valence-electron chi connectivity index (χ0n) is 18.5. The lowest BCUT2D eigenvalue weighted by Crippen LogP contribution is -2.62. The minimum atomic E-state index is -1.78. The van der Waals surface area contributed by atoms with Gasteiger partial charge in [0.25, 0.3) is 0 Å². The maximum absolute atomic E-state index is 13.8. The van der Waals surface area contributed by atoms with Crippen molar-refractivity contribution in [2.24, 2.45) is 5.92 Å². The zero-order valence-corrected chi connectivity index (χ0v) is 20.2. The number of rotatable bonds is 9. The molecule has 3 aliphatic rings. The van der Waals surface area contributed by atoms with Crippen LogP contribution in [0, 0.1) is 5.92 Å². The summed E-state index contributed by atoms with van der Waals surface area (Å²) in [5.74, 6) is 0.589. The predicted octanol–water partition coefficient (Wildman–Crippen LogP) is 4.91. The van der Waals surface area contributed by atoms with Gasteiger partial charge in [-0.2, -0.15) is 0 Å². The summed E-state index contributed by atoms with van der Waals surface area (Å²) in [6.45, 7) is 3.38. The third kappa shape index (κ3) is 4.47. The van der Waals surface area contributed by atoms with Crippen molar-refractivity contribution in [1.29, 1.82) is 0 Å². The fourth-order valence-corrected chi connectivity index (χ4v) is 6.92. The van der Waals surface area contributed by atoms with Crippen LogP contribution in [0.5, 0.6) is 5.75 Å². The van der Waals surface area contributed by atoms with Crippen LogP contribution in [-0.2, 0) is 15.1 Å². The molecule has 3 saturated heterocycles. The summed E-state index contributed by atoms with van der Waals surface area (Å²) < 4.78 is 12.3. The maximum atomic E-state index is 13.8. The van der Waals surface area contributed by atoms with Crippen LogP contribution in [-0.4, -0.2) is 47.8 Å². The van der Waals surface area contributed by atoms with Gasteiger partial charge in [-0.15, -0.1) is 22.7 Å². The standard InChI is InChI=1S/C26H29NO4S2/c28-24(26(29,22-9-4-17-32-22)23-10-5-18-33-23)31-25(19-27-14-11-20(25)12-15-27)13-6-16-30-21-7-2-1-3-8-21/h1-5,7-10,17-18,20,29H,6,11-16,19H2/t25-/m0/s1. The molecule has 1 atom stereocenters. The lowest BCUT2D eigenvalue weighted by atomic mass is 9.72. The van der Waals surface area contributed by atoms with Crippen molar-refractivity contribution >= 4 is 28.6 Å². The molecule has 5 heterocycles. The van der Waals surface area contributed by atoms with E-state index in [9.17, 15) is 9.90 Å². The Kier molecular flexibility index (Phi) is 6.56. The molecule has 6 rings (SSSR count). The van der Waals surface area contributed by atoms with E-state index in [1.807, 2.05) is 65.4 Å². The number of nitrogens with zero attached hydrogens (tertiary/aromatic N) is 1. The predicted molar refractivity (Wildman–Crippen MR) is 131 cm³/mol. The fraction of sp³-hybridized carbons (Fsp3) is 0.423. The highest BCUT2D eigenvalue weighted by atomic mass is 32.1. The largest absolute Gasteiger partial charge is 0.494 e. The molecule has 0 unspecified atom stereocenters. The van der Waals surface area contributed by atoms with E-state index in [0.29, 0.717) is 22.3 Å². The average molecular weight is 484 g/mol. The van der Waals surface area contributed by atoms with E-state index in [4.69, 9.17) is 9.47 Å². The van der Waals surface area contributed by atoms with Crippen LogP contribution < -0.4 is 4.74 Å². The van der Waals surface area contributed by atoms with Crippen LogP contribution >= 0.6 is 22.7 Å². The topological polar surface area (TPSA) is 59.0 Å². The molecule has 174 valence electrons. The van der Waals surface area contributed by atoms with Crippen LogP contribution in [0.2, 0.25) is 0 Å². The first-order valence-electron chi connectivity index (χ1n) is 11.5. The molecule has 2 aromatic heterocycles. The molecule has 1 aromatic carbocycles. The Bertz CT molecular complexity index is 995. The van der Waals surface area contributed by atoms with Gasteiger partial charge >= 0.3 is 5.97 Å². The Hall–Kier alpha value is -2.19. The second-order valence-electron chi connectivity index (χ2n) is 8.93. The van der Waals surface area contributed by atoms with Gasteiger partial charge in [0.1, 0.15) is 11.4 Å². The van der Waals surface area contributed by atoms with Crippen molar-refractivity contribution in [3.05, 3.63) is 75.1 Å². The van der Waals surface area contributed by atoms with Crippen LogP contribution in [0.3, 0.4) is 0 Å². The van der Waals surface area contributed by atoms with Gasteiger partial charge in [0.05, 0.1) is 16.4 Å². The van der Waals surface area contributed by atoms with Gasteiger partial charge in [-0.05, 0) is 73.8 Å². The molecule has 3 aliphatic heterocycles. The normalized spacial score (nSPS) is 24.5. The number of fused-ring (bicyclic) bond motifs is 3. The lowest BCUT2D eigenvalue weighted by Gasteiger charge is -2.53. The smallest absolute Gasteiger partial charge is 0.350 e. The first-order chi connectivity index (χ1) is 16.1. The van der Waals surface area contributed by atoms with E-state index >= 15 is 0 Å². The summed E-state index contributed by atoms with van der Waals surface area (Å²) in [5.41, 5.74) is -2.38. The Morgan fingerprint density at radius 1 is 1.03 bits per heavy atom. The minimum Gasteiger partial charge on any atom is -0.494 e. The number of para-hydroxylation sites is 1. The van der Waals surface area contributed by atoms with Crippen molar-refractivity contribution in [2.45, 2.75) is 36.9 Å². The molecule has 3 aromatic rings. The monoisotopic (exact) mass is 483 g/mol. The summed E-state index contributed by atoms with van der Waals surface area (Å²) >= 11 is 2.75. The summed E-state index contributed by atoms with van der Waals surface area (Å²) in [4.78, 5) is 17.3. The number of hydrogen-bond donors (Lipinski definition) is 1. The van der Waals surface area contributed by atoms with Crippen molar-refractivity contribution in [3.63, 3.8) is 0 Å². The second kappa shape index (κ2) is 9.58. The number of carbonyl (C=O) groups is 1. The van der Waals surface area contributed by atoms with Crippen LogP contribution in [0.25, 0.3) is 0 Å². The highest BCUT2D eigenvalue weighted by Crippen LogP contribution is 2.44. The number of esters is 1. The molecule has 33 heavy (non-hydrogen) atoms. The lowest BCUT2D eigenvalue weighted by molar-refractivity contribution is -0.201. The maximum Gasteiger partial charge on any atom is 0.350 e. The van der Waals surface area contributed by atoms with E-state index < -0.39 is 17.2 Å². The summed E-state index contributed by atoms with van der Waals surface area (Å²) in [6, 6.07) is 17.1. The third-order valence-electron chi connectivity index (χ3n) is 6.93. The zero-order chi connectivity index (χ0) is 22.7. The highest BCUT2D eigenvalue weighted by molar-refractivity contribution is 7.12. The number of piperidine rings is 3. The molecule has 0 amide bonds. The molecule has 0 spiro atoms. The number of ether oxygens (including phenoxy) is 2. The van der Waals surface area contributed by atoms with Gasteiger partial charge in [-0.1, -0.05) is 30.3 Å². The van der Waals surface area contributed by atoms with E-state index in [2.05, 4.69) is 4.90 Å². The average Bonchev–Trinajstić information content (AvgIpc) is 3.58. The van der Waals surface area contributed by atoms with Crippen LogP contribution in [0.4, 0.5) is 0 Å². The Labute approximate surface area is 202 Å². The molecule has 0 aliphatic carbocycles. The number of hydrogen-bond acceptors (Lipinski definition) is 7. The second-order valence-corrected chi connectivity index (χ2v) is 10.8. The molecule has 7 heteroatoms. The molecule has 1 N–H and O–H groups in total. The van der Waals surface area contributed by atoms with Crippen molar-refractivity contribution in [3.8, 4) is 5.75 Å². The van der Waals surface area contributed by atoms with Gasteiger partial charge in [0.2, 0.25) is 5.60 Å².